The number of hydrogen-bond donors (Lipinski definition) is 1. The van der Waals surface area contributed by atoms with Crippen molar-refractivity contribution in [2.24, 2.45) is 5.41 Å². The highest BCUT2D eigenvalue weighted by Crippen LogP contribution is 2.30. The third-order valence-corrected chi connectivity index (χ3v) is 7.11. The van der Waals surface area contributed by atoms with Crippen LogP contribution in [0, 0.1) is 5.41 Å². The Morgan fingerprint density at radius 3 is 2.32 bits per heavy atom. The van der Waals surface area contributed by atoms with E-state index < -0.39 is 11.9 Å². The summed E-state index contributed by atoms with van der Waals surface area (Å²) in [6.07, 6.45) is 0.692. The zero-order valence-corrected chi connectivity index (χ0v) is 24.4. The summed E-state index contributed by atoms with van der Waals surface area (Å²) in [5.41, 5.74) is 3.85. The predicted octanol–water partition coefficient (Wildman–Crippen LogP) is 4.42. The van der Waals surface area contributed by atoms with E-state index in [9.17, 15) is 9.59 Å². The van der Waals surface area contributed by atoms with Crippen molar-refractivity contribution < 1.29 is 4.74 Å². The number of nitrogens with zero attached hydrogens (tertiary/aromatic N) is 7. The fraction of sp³-hybridized carbons (Fsp3) is 0.400. The number of nitrogens with one attached hydrogen (secondary N) is 1. The average molecular weight is 557 g/mol. The molecule has 0 aliphatic rings. The predicted molar refractivity (Wildman–Crippen MR) is 158 cm³/mol. The lowest BCUT2D eigenvalue weighted by Crippen LogP contribution is -2.42. The van der Waals surface area contributed by atoms with Crippen molar-refractivity contribution in [1.29, 1.82) is 0 Å². The molecule has 1 unspecified atom stereocenters. The smallest absolute Gasteiger partial charge is 0.334 e. The molecule has 0 saturated heterocycles. The lowest BCUT2D eigenvalue weighted by molar-refractivity contribution is 0.0585. The SMILES string of the molecule is CCCn1c(=O)c2c(nc(CC(C)(C)C)n2Cc2ccc(-c3ccccc3-c3nnn[nH]3)cc2)n(C(C)OC)c1=O. The van der Waals surface area contributed by atoms with Crippen LogP contribution in [0.15, 0.2) is 58.1 Å². The summed E-state index contributed by atoms with van der Waals surface area (Å²) in [5, 5.41) is 14.3. The Morgan fingerprint density at radius 1 is 1.00 bits per heavy atom. The van der Waals surface area contributed by atoms with Crippen LogP contribution in [0.3, 0.4) is 0 Å². The maximum absolute atomic E-state index is 13.8. The molecule has 0 spiro atoms. The molecule has 2 aromatic carbocycles. The van der Waals surface area contributed by atoms with Crippen LogP contribution in [0.2, 0.25) is 0 Å². The van der Waals surface area contributed by atoms with E-state index in [1.807, 2.05) is 35.8 Å². The van der Waals surface area contributed by atoms with Crippen molar-refractivity contribution in [2.75, 3.05) is 7.11 Å². The largest absolute Gasteiger partial charge is 0.361 e. The Kier molecular flexibility index (Phi) is 7.72. The number of aromatic amines is 1. The van der Waals surface area contributed by atoms with Gasteiger partial charge in [0.1, 0.15) is 12.1 Å². The van der Waals surface area contributed by atoms with E-state index in [2.05, 4.69) is 65.7 Å². The zero-order valence-electron chi connectivity index (χ0n) is 24.4. The summed E-state index contributed by atoms with van der Waals surface area (Å²) in [6, 6.07) is 16.2. The minimum absolute atomic E-state index is 0.0945. The van der Waals surface area contributed by atoms with Crippen LogP contribution in [0.1, 0.15) is 58.7 Å². The van der Waals surface area contributed by atoms with Gasteiger partial charge in [0.25, 0.3) is 5.56 Å². The Hall–Kier alpha value is -4.38. The molecule has 214 valence electrons. The van der Waals surface area contributed by atoms with Gasteiger partial charge in [-0.25, -0.2) is 19.4 Å². The number of methoxy groups -OCH3 is 1. The lowest BCUT2D eigenvalue weighted by Gasteiger charge is -2.19. The van der Waals surface area contributed by atoms with E-state index in [1.54, 1.807) is 14.0 Å². The van der Waals surface area contributed by atoms with Gasteiger partial charge in [-0.1, -0.05) is 76.2 Å². The second kappa shape index (κ2) is 11.2. The highest BCUT2D eigenvalue weighted by Gasteiger charge is 2.26. The second-order valence-corrected chi connectivity index (χ2v) is 11.5. The van der Waals surface area contributed by atoms with Crippen molar-refractivity contribution in [2.45, 2.75) is 66.8 Å². The van der Waals surface area contributed by atoms with Gasteiger partial charge in [-0.2, -0.15) is 0 Å². The number of H-pyrrole nitrogens is 1. The number of aromatic nitrogens is 8. The first kappa shape index (κ1) is 28.2. The summed E-state index contributed by atoms with van der Waals surface area (Å²) in [4.78, 5) is 32.1. The molecule has 0 fully saturated rings. The summed E-state index contributed by atoms with van der Waals surface area (Å²) in [5.74, 6) is 1.35. The van der Waals surface area contributed by atoms with Crippen LogP contribution in [-0.4, -0.2) is 46.4 Å². The third kappa shape index (κ3) is 5.49. The Balaban J connectivity index is 1.64. The van der Waals surface area contributed by atoms with E-state index >= 15 is 0 Å². The molecule has 41 heavy (non-hydrogen) atoms. The minimum atomic E-state index is -0.585. The molecule has 5 aromatic rings. The van der Waals surface area contributed by atoms with Gasteiger partial charge in [0, 0.05) is 32.2 Å². The van der Waals surface area contributed by atoms with Gasteiger partial charge in [0.15, 0.2) is 17.0 Å². The van der Waals surface area contributed by atoms with E-state index in [1.165, 1.54) is 9.13 Å². The number of ether oxygens (including phenoxy) is 1. The topological polar surface area (TPSA) is 126 Å². The molecule has 3 aromatic heterocycles. The van der Waals surface area contributed by atoms with Crippen LogP contribution < -0.4 is 11.2 Å². The molecular weight excluding hydrogens is 520 g/mol. The van der Waals surface area contributed by atoms with E-state index in [0.717, 1.165) is 28.1 Å². The molecule has 11 nitrogen and oxygen atoms in total. The molecule has 0 saturated carbocycles. The second-order valence-electron chi connectivity index (χ2n) is 11.5. The highest BCUT2D eigenvalue weighted by atomic mass is 16.5. The Labute approximate surface area is 237 Å². The minimum Gasteiger partial charge on any atom is -0.361 e. The number of imidazole rings is 1. The van der Waals surface area contributed by atoms with Crippen LogP contribution in [0.25, 0.3) is 33.7 Å². The van der Waals surface area contributed by atoms with E-state index in [4.69, 9.17) is 9.72 Å². The van der Waals surface area contributed by atoms with Gasteiger partial charge < -0.3 is 9.30 Å². The third-order valence-electron chi connectivity index (χ3n) is 7.11. The molecule has 0 aliphatic carbocycles. The first-order valence-corrected chi connectivity index (χ1v) is 13.8. The van der Waals surface area contributed by atoms with E-state index in [-0.39, 0.29) is 11.0 Å². The Bertz CT molecular complexity index is 1770. The summed E-state index contributed by atoms with van der Waals surface area (Å²) >= 11 is 0. The van der Waals surface area contributed by atoms with Gasteiger partial charge in [-0.05, 0) is 45.9 Å². The number of tetrazole rings is 1. The molecule has 1 atom stereocenters. The van der Waals surface area contributed by atoms with Gasteiger partial charge >= 0.3 is 5.69 Å². The first-order valence-electron chi connectivity index (χ1n) is 13.8. The number of benzene rings is 2. The summed E-state index contributed by atoms with van der Waals surface area (Å²) < 4.78 is 10.3. The van der Waals surface area contributed by atoms with Crippen molar-refractivity contribution in [3.8, 4) is 22.5 Å². The van der Waals surface area contributed by atoms with Crippen LogP contribution in [0.5, 0.6) is 0 Å². The number of fused-ring (bicyclic) bond motifs is 1. The molecule has 1 N–H and O–H groups in total. The molecule has 3 heterocycles. The lowest BCUT2D eigenvalue weighted by atomic mass is 9.92. The van der Waals surface area contributed by atoms with Crippen molar-refractivity contribution in [3.63, 3.8) is 0 Å². The van der Waals surface area contributed by atoms with Gasteiger partial charge in [-0.3, -0.25) is 9.36 Å². The normalized spacial score (nSPS) is 12.7. The van der Waals surface area contributed by atoms with E-state index in [0.29, 0.717) is 42.9 Å². The molecule has 11 heteroatoms. The average Bonchev–Trinajstić information content (AvgIpc) is 3.59. The summed E-state index contributed by atoms with van der Waals surface area (Å²) in [6.45, 7) is 10.9. The molecule has 5 rings (SSSR count). The number of rotatable bonds is 9. The van der Waals surface area contributed by atoms with Gasteiger partial charge in [-0.15, -0.1) is 5.10 Å². The zero-order chi connectivity index (χ0) is 29.3. The molecule has 0 aliphatic heterocycles. The van der Waals surface area contributed by atoms with Crippen molar-refractivity contribution in [3.05, 3.63) is 80.8 Å². The maximum Gasteiger partial charge on any atom is 0.334 e. The molecule has 0 amide bonds. The standard InChI is InChI=1S/C30H36N8O3/c1-7-16-36-28(39)25-27(38(29(36)40)19(2)41-6)31-24(17-30(3,4)5)37(25)18-20-12-14-21(15-13-20)22-10-8-9-11-23(22)26-32-34-35-33-26/h8-15,19H,7,16-18H2,1-6H3,(H,32,33,34,35). The summed E-state index contributed by atoms with van der Waals surface area (Å²) in [7, 11) is 1.55. The van der Waals surface area contributed by atoms with Crippen LogP contribution in [-0.2, 0) is 24.2 Å². The Morgan fingerprint density at radius 2 is 1.71 bits per heavy atom. The fourth-order valence-electron chi connectivity index (χ4n) is 5.12. The number of hydrogen-bond acceptors (Lipinski definition) is 7. The molecule has 0 radical (unpaired) electrons. The highest BCUT2D eigenvalue weighted by molar-refractivity contribution is 5.80. The molecule has 0 bridgehead atoms. The monoisotopic (exact) mass is 556 g/mol. The van der Waals surface area contributed by atoms with Crippen molar-refractivity contribution >= 4 is 11.2 Å². The van der Waals surface area contributed by atoms with Crippen LogP contribution >= 0.6 is 0 Å². The fourth-order valence-corrected chi connectivity index (χ4v) is 5.12. The van der Waals surface area contributed by atoms with Crippen molar-refractivity contribution in [1.82, 2.24) is 39.3 Å². The molecular formula is C30H36N8O3. The quantitative estimate of drug-likeness (QED) is 0.285. The van der Waals surface area contributed by atoms with Crippen LogP contribution in [0.4, 0.5) is 0 Å². The maximum atomic E-state index is 13.8. The van der Waals surface area contributed by atoms with Gasteiger partial charge in [0.05, 0.1) is 0 Å². The van der Waals surface area contributed by atoms with Gasteiger partial charge in [0.2, 0.25) is 0 Å². The first-order chi connectivity index (χ1) is 19.6.